The van der Waals surface area contributed by atoms with Crippen LogP contribution in [-0.2, 0) is 4.79 Å². The first-order valence-electron chi connectivity index (χ1n) is 17.3. The first-order valence-corrected chi connectivity index (χ1v) is 17.3. The van der Waals surface area contributed by atoms with Crippen LogP contribution in [0.1, 0.15) is 118 Å². The SMILES string of the molecule is CCCN(C[C@]1(O)CC[C@H]2[C@]34C=C[C@@]5(C=C3C(=O)C3CCCCC3)CC(O)CC[C@]5(C)[C@H]4CC[C@@]21C)C(=O)NC(C)C. The van der Waals surface area contributed by atoms with Crippen molar-refractivity contribution in [2.24, 2.45) is 39.4 Å². The Labute approximate surface area is 253 Å². The van der Waals surface area contributed by atoms with Gasteiger partial charge >= 0.3 is 6.03 Å². The van der Waals surface area contributed by atoms with Crippen LogP contribution in [0, 0.1) is 39.4 Å². The topological polar surface area (TPSA) is 89.9 Å². The van der Waals surface area contributed by atoms with Gasteiger partial charge in [0, 0.05) is 40.3 Å². The third kappa shape index (κ3) is 4.16. The molecule has 234 valence electrons. The number of nitrogens with one attached hydrogen (secondary N) is 1. The fourth-order valence-corrected chi connectivity index (χ4v) is 11.4. The molecule has 7 aliphatic rings. The lowest BCUT2D eigenvalue weighted by atomic mass is 9.32. The predicted octanol–water partition coefficient (Wildman–Crippen LogP) is 6.56. The Morgan fingerprint density at radius 1 is 0.976 bits per heavy atom. The number of ketones is 1. The lowest BCUT2D eigenvalue weighted by Crippen LogP contribution is -2.67. The molecule has 42 heavy (non-hydrogen) atoms. The molecule has 2 spiro atoms. The van der Waals surface area contributed by atoms with Gasteiger partial charge in [-0.15, -0.1) is 0 Å². The monoisotopic (exact) mass is 580 g/mol. The van der Waals surface area contributed by atoms with Crippen molar-refractivity contribution in [2.45, 2.75) is 136 Å². The molecule has 6 heteroatoms. The van der Waals surface area contributed by atoms with Crippen molar-refractivity contribution >= 4 is 11.8 Å². The predicted molar refractivity (Wildman–Crippen MR) is 166 cm³/mol. The van der Waals surface area contributed by atoms with Crippen LogP contribution in [0.15, 0.2) is 23.8 Å². The van der Waals surface area contributed by atoms with Crippen molar-refractivity contribution in [1.29, 1.82) is 0 Å². The van der Waals surface area contributed by atoms with Gasteiger partial charge in [0.1, 0.15) is 0 Å². The zero-order valence-electron chi connectivity index (χ0n) is 26.9. The van der Waals surface area contributed by atoms with Crippen LogP contribution in [0.25, 0.3) is 0 Å². The molecule has 0 saturated heterocycles. The van der Waals surface area contributed by atoms with Gasteiger partial charge in [0.25, 0.3) is 0 Å². The fourth-order valence-electron chi connectivity index (χ4n) is 11.4. The van der Waals surface area contributed by atoms with Crippen LogP contribution in [0.3, 0.4) is 0 Å². The van der Waals surface area contributed by atoms with E-state index in [2.05, 4.69) is 44.3 Å². The molecule has 8 atom stereocenters. The maximum atomic E-state index is 14.7. The van der Waals surface area contributed by atoms with Crippen molar-refractivity contribution in [3.8, 4) is 0 Å². The van der Waals surface area contributed by atoms with Crippen LogP contribution in [-0.4, -0.2) is 57.8 Å². The van der Waals surface area contributed by atoms with E-state index in [0.29, 0.717) is 37.6 Å². The lowest BCUT2D eigenvalue weighted by molar-refractivity contribution is -0.178. The van der Waals surface area contributed by atoms with E-state index in [4.69, 9.17) is 0 Å². The van der Waals surface area contributed by atoms with E-state index in [1.807, 2.05) is 18.7 Å². The molecule has 3 N–H and O–H groups in total. The van der Waals surface area contributed by atoms with Gasteiger partial charge in [-0.2, -0.15) is 0 Å². The molecule has 0 aromatic heterocycles. The summed E-state index contributed by atoms with van der Waals surface area (Å²) in [6.07, 6.45) is 19.0. The van der Waals surface area contributed by atoms with Crippen LogP contribution in [0.4, 0.5) is 4.79 Å². The standard InChI is InChI=1S/C36H56N2O4/c1-6-20-38(31(41)37-24(2)3)23-35(42)17-14-29-33(35,5)16-13-28-32(4)15-12-26(39)21-34(32)18-19-36(28,29)27(22-34)30(40)25-10-8-7-9-11-25/h18-19,22,24-26,28-29,39,42H,6-17,20-21,23H2,1-5H3,(H,37,41)/t26?,28-,29-,32-,33+,34+,35-,36-/m1/s1. The average Bonchev–Trinajstić information content (AvgIpc) is 3.22. The quantitative estimate of drug-likeness (QED) is 0.298. The number of allylic oxidation sites excluding steroid dienone is 4. The minimum Gasteiger partial charge on any atom is -0.393 e. The molecule has 0 aliphatic heterocycles. The number of Topliss-reactive ketones (excluding diaryl/α,β-unsaturated/α-hetero) is 1. The maximum absolute atomic E-state index is 14.7. The Kier molecular flexibility index (Phi) is 7.57. The summed E-state index contributed by atoms with van der Waals surface area (Å²) in [4.78, 5) is 29.8. The fraction of sp³-hybridized carbons (Fsp3) is 0.833. The van der Waals surface area contributed by atoms with E-state index in [1.54, 1.807) is 0 Å². The van der Waals surface area contributed by atoms with E-state index in [-0.39, 0.29) is 46.3 Å². The number of hydrogen-bond acceptors (Lipinski definition) is 4. The van der Waals surface area contributed by atoms with Crippen LogP contribution in [0.5, 0.6) is 0 Å². The first-order chi connectivity index (χ1) is 19.9. The zero-order valence-corrected chi connectivity index (χ0v) is 26.9. The van der Waals surface area contributed by atoms with Gasteiger partial charge in [-0.3, -0.25) is 4.79 Å². The molecule has 2 bridgehead atoms. The minimum absolute atomic E-state index is 0.00917. The van der Waals surface area contributed by atoms with Gasteiger partial charge in [-0.1, -0.05) is 58.3 Å². The summed E-state index contributed by atoms with van der Waals surface area (Å²) in [7, 11) is 0. The Hall–Kier alpha value is -1.66. The molecular weight excluding hydrogens is 524 g/mol. The smallest absolute Gasteiger partial charge is 0.317 e. The molecule has 0 radical (unpaired) electrons. The van der Waals surface area contributed by atoms with E-state index < -0.39 is 11.0 Å². The Morgan fingerprint density at radius 3 is 2.33 bits per heavy atom. The Balaban J connectivity index is 1.42. The number of rotatable bonds is 7. The molecular formula is C36H56N2O4. The molecule has 0 aromatic rings. The third-order valence-electron chi connectivity index (χ3n) is 13.6. The number of fused-ring (bicyclic) bond motifs is 1. The molecule has 2 amide bonds. The molecule has 0 heterocycles. The largest absolute Gasteiger partial charge is 0.393 e. The van der Waals surface area contributed by atoms with Crippen molar-refractivity contribution in [3.05, 3.63) is 23.8 Å². The van der Waals surface area contributed by atoms with Crippen LogP contribution < -0.4 is 5.32 Å². The van der Waals surface area contributed by atoms with Gasteiger partial charge < -0.3 is 20.4 Å². The van der Waals surface area contributed by atoms with Crippen molar-refractivity contribution in [1.82, 2.24) is 10.2 Å². The molecule has 4 fully saturated rings. The van der Waals surface area contributed by atoms with Crippen molar-refractivity contribution < 1.29 is 19.8 Å². The zero-order chi connectivity index (χ0) is 30.1. The first kappa shape index (κ1) is 30.4. The second-order valence-corrected chi connectivity index (χ2v) is 16.0. The lowest BCUT2D eigenvalue weighted by Gasteiger charge is -2.71. The number of urea groups is 1. The second kappa shape index (κ2) is 10.5. The second-order valence-electron chi connectivity index (χ2n) is 16.0. The van der Waals surface area contributed by atoms with E-state index in [9.17, 15) is 19.8 Å². The van der Waals surface area contributed by atoms with Gasteiger partial charge in [0.05, 0.1) is 18.2 Å². The van der Waals surface area contributed by atoms with Gasteiger partial charge in [0.15, 0.2) is 5.78 Å². The van der Waals surface area contributed by atoms with E-state index in [0.717, 1.165) is 69.8 Å². The number of carbonyl (C=O) groups excluding carboxylic acids is 2. The highest BCUT2D eigenvalue weighted by Gasteiger charge is 2.74. The Morgan fingerprint density at radius 2 is 1.64 bits per heavy atom. The number of aliphatic hydroxyl groups excluding tert-OH is 1. The molecule has 4 saturated carbocycles. The van der Waals surface area contributed by atoms with Gasteiger partial charge in [0.2, 0.25) is 0 Å². The molecule has 7 rings (SSSR count). The minimum atomic E-state index is -1.01. The van der Waals surface area contributed by atoms with Crippen molar-refractivity contribution in [3.63, 3.8) is 0 Å². The summed E-state index contributed by atoms with van der Waals surface area (Å²) in [5, 5.41) is 26.6. The number of amides is 2. The summed E-state index contributed by atoms with van der Waals surface area (Å²) in [6.45, 7) is 11.7. The molecule has 0 aromatic carbocycles. The molecule has 1 unspecified atom stereocenters. The number of nitrogens with zero attached hydrogens (tertiary/aromatic N) is 1. The number of carbonyl (C=O) groups is 2. The normalized spacial score (nSPS) is 44.3. The Bertz CT molecular complexity index is 1160. The van der Waals surface area contributed by atoms with Gasteiger partial charge in [-0.05, 0) is 95.3 Å². The highest BCUT2D eigenvalue weighted by atomic mass is 16.3. The summed E-state index contributed by atoms with van der Waals surface area (Å²) in [6, 6.07) is -0.0589. The molecule has 7 aliphatic carbocycles. The van der Waals surface area contributed by atoms with Gasteiger partial charge in [-0.25, -0.2) is 4.79 Å². The highest BCUT2D eigenvalue weighted by molar-refractivity contribution is 6.00. The number of aliphatic hydroxyl groups is 2. The van der Waals surface area contributed by atoms with E-state index in [1.165, 1.54) is 6.42 Å². The van der Waals surface area contributed by atoms with Crippen LogP contribution in [0.2, 0.25) is 0 Å². The number of hydrogen-bond donors (Lipinski definition) is 3. The average molecular weight is 581 g/mol. The summed E-state index contributed by atoms with van der Waals surface area (Å²) >= 11 is 0. The maximum Gasteiger partial charge on any atom is 0.317 e. The summed E-state index contributed by atoms with van der Waals surface area (Å²) < 4.78 is 0. The van der Waals surface area contributed by atoms with Crippen LogP contribution >= 0.6 is 0 Å². The third-order valence-corrected chi connectivity index (χ3v) is 13.6. The van der Waals surface area contributed by atoms with Crippen molar-refractivity contribution in [2.75, 3.05) is 13.1 Å². The summed E-state index contributed by atoms with van der Waals surface area (Å²) in [5.41, 5.74) is -1.07. The van der Waals surface area contributed by atoms with E-state index >= 15 is 0 Å². The molecule has 6 nitrogen and oxygen atoms in total. The highest BCUT2D eigenvalue weighted by Crippen LogP contribution is 2.78. The summed E-state index contributed by atoms with van der Waals surface area (Å²) in [5.74, 6) is 0.917.